The van der Waals surface area contributed by atoms with E-state index < -0.39 is 0 Å². The predicted molar refractivity (Wildman–Crippen MR) is 278 cm³/mol. The number of pyridine rings is 3. The molecule has 0 saturated carbocycles. The molecule has 0 aliphatic heterocycles. The third-order valence-corrected chi connectivity index (χ3v) is 12.7. The van der Waals surface area contributed by atoms with Gasteiger partial charge in [0.1, 0.15) is 0 Å². The van der Waals surface area contributed by atoms with Crippen LogP contribution >= 0.6 is 0 Å². The fourth-order valence-corrected chi connectivity index (χ4v) is 9.12. The van der Waals surface area contributed by atoms with Gasteiger partial charge in [0.15, 0.2) is 0 Å². The maximum Gasteiger partial charge on any atom is 3.00 e. The molecule has 10 rings (SSSR count). The molecular formula is C64H47IrN4. The molecular weight excluding hydrogens is 1020 g/mol. The largest absolute Gasteiger partial charge is 3.00 e. The molecule has 0 bridgehead atoms. The second-order valence-electron chi connectivity index (χ2n) is 18.2. The number of hydrogen-bond donors (Lipinski definition) is 0. The van der Waals surface area contributed by atoms with Crippen molar-refractivity contribution < 1.29 is 20.1 Å². The van der Waals surface area contributed by atoms with Crippen LogP contribution in [-0.4, -0.2) is 15.0 Å². The smallest absolute Gasteiger partial charge is 0.305 e. The van der Waals surface area contributed by atoms with Crippen LogP contribution in [0.1, 0.15) is 43.0 Å². The van der Waals surface area contributed by atoms with E-state index in [-0.39, 0.29) is 25.5 Å². The minimum atomic E-state index is -0.0486. The van der Waals surface area contributed by atoms with Gasteiger partial charge in [-0.2, -0.15) is 5.26 Å². The van der Waals surface area contributed by atoms with E-state index in [9.17, 15) is 5.26 Å². The van der Waals surface area contributed by atoms with Gasteiger partial charge in [-0.3, -0.25) is 0 Å². The number of rotatable bonds is 9. The molecule has 0 atom stereocenters. The Kier molecular flexibility index (Phi) is 13.2. The molecule has 0 aliphatic carbocycles. The molecule has 0 radical (unpaired) electrons. The molecule has 0 fully saturated rings. The summed E-state index contributed by atoms with van der Waals surface area (Å²) in [5, 5.41) is 10.8. The number of hydrogen-bond acceptors (Lipinski definition) is 4. The molecule has 0 unspecified atom stereocenters. The van der Waals surface area contributed by atoms with Crippen molar-refractivity contribution >= 4 is 0 Å². The molecule has 5 heteroatoms. The standard InChI is InChI=1S/C64H47N4.Ir/c1-42-34-44(61-22-12-14-31-66-61)24-27-52(42)58-19-9-6-16-54(58)47-37-48(55-17-7-10-20-59(55)53-28-25-45(35-43(53)2)62-23-13-15-32-67-62)39-49(38-47)56-18-8-11-21-60(56)57-29-26-46(36-50(57)41-65)63-40-51(30-33-68-63)64(3,4)5;/h6-23,27-40H,1-5H3;/q-3;+3. The average molecular weight is 1060 g/mol. The van der Waals surface area contributed by atoms with Gasteiger partial charge in [-0.25, -0.2) is 0 Å². The molecule has 7 aromatic carbocycles. The Hall–Kier alpha value is -7.87. The fourth-order valence-electron chi connectivity index (χ4n) is 9.12. The van der Waals surface area contributed by atoms with Crippen molar-refractivity contribution in [3.05, 3.63) is 235 Å². The summed E-state index contributed by atoms with van der Waals surface area (Å²) in [5.41, 5.74) is 21.7. The second kappa shape index (κ2) is 19.8. The third-order valence-electron chi connectivity index (χ3n) is 12.7. The van der Waals surface area contributed by atoms with Gasteiger partial charge in [0.25, 0.3) is 0 Å². The van der Waals surface area contributed by atoms with Gasteiger partial charge in [-0.1, -0.05) is 171 Å². The molecule has 0 aliphatic rings. The Labute approximate surface area is 419 Å². The van der Waals surface area contributed by atoms with Crippen molar-refractivity contribution in [3.8, 4) is 107 Å². The van der Waals surface area contributed by atoms with Crippen LogP contribution in [0.25, 0.3) is 101 Å². The molecule has 3 aromatic heterocycles. The van der Waals surface area contributed by atoms with Gasteiger partial charge in [0.05, 0.1) is 6.07 Å². The normalized spacial score (nSPS) is 11.1. The second-order valence-corrected chi connectivity index (χ2v) is 18.2. The van der Waals surface area contributed by atoms with E-state index in [1.807, 2.05) is 73.2 Å². The maximum absolute atomic E-state index is 10.8. The average Bonchev–Trinajstić information content (AvgIpc) is 3.38. The first-order valence-corrected chi connectivity index (χ1v) is 22.9. The van der Waals surface area contributed by atoms with E-state index in [4.69, 9.17) is 4.98 Å². The molecule has 4 nitrogen and oxygen atoms in total. The predicted octanol–water partition coefficient (Wildman–Crippen LogP) is 16.1. The van der Waals surface area contributed by atoms with Crippen LogP contribution in [-0.2, 0) is 25.5 Å². The van der Waals surface area contributed by atoms with Gasteiger partial charge in [0, 0.05) is 18.6 Å². The minimum absolute atomic E-state index is 0. The first kappa shape index (κ1) is 46.2. The summed E-state index contributed by atoms with van der Waals surface area (Å²) in [4.78, 5) is 13.9. The van der Waals surface area contributed by atoms with Crippen molar-refractivity contribution in [2.45, 2.75) is 40.0 Å². The Morgan fingerprint density at radius 3 is 1.20 bits per heavy atom. The molecule has 0 saturated heterocycles. The van der Waals surface area contributed by atoms with Crippen molar-refractivity contribution in [1.82, 2.24) is 15.0 Å². The molecule has 0 N–H and O–H groups in total. The van der Waals surface area contributed by atoms with Crippen LogP contribution in [0.4, 0.5) is 0 Å². The summed E-state index contributed by atoms with van der Waals surface area (Å²) < 4.78 is 0. The summed E-state index contributed by atoms with van der Waals surface area (Å²) in [6.07, 6.45) is 5.48. The van der Waals surface area contributed by atoms with E-state index in [1.165, 1.54) is 5.56 Å². The Balaban J connectivity index is 0.00000593. The molecule has 0 spiro atoms. The first-order chi connectivity index (χ1) is 33.1. The third kappa shape index (κ3) is 9.51. The molecule has 3 heterocycles. The topological polar surface area (TPSA) is 62.5 Å². The molecule has 0 amide bonds. The molecule has 332 valence electrons. The van der Waals surface area contributed by atoms with Gasteiger partial charge in [-0.05, 0) is 103 Å². The van der Waals surface area contributed by atoms with Crippen LogP contribution in [0.3, 0.4) is 0 Å². The van der Waals surface area contributed by atoms with Crippen molar-refractivity contribution in [3.63, 3.8) is 0 Å². The van der Waals surface area contributed by atoms with Crippen LogP contribution in [0.5, 0.6) is 0 Å². The zero-order chi connectivity index (χ0) is 46.8. The molecule has 69 heavy (non-hydrogen) atoms. The first-order valence-electron chi connectivity index (χ1n) is 22.9. The van der Waals surface area contributed by atoms with Gasteiger partial charge < -0.3 is 15.0 Å². The Morgan fingerprint density at radius 2 is 0.797 bits per heavy atom. The summed E-state index contributed by atoms with van der Waals surface area (Å²) in [6, 6.07) is 74.2. The molecule has 10 aromatic rings. The minimum Gasteiger partial charge on any atom is -0.305 e. The van der Waals surface area contributed by atoms with E-state index in [1.54, 1.807) is 0 Å². The van der Waals surface area contributed by atoms with Gasteiger partial charge in [-0.15, -0.1) is 82.4 Å². The van der Waals surface area contributed by atoms with Crippen LogP contribution < -0.4 is 0 Å². The van der Waals surface area contributed by atoms with Crippen molar-refractivity contribution in [2.24, 2.45) is 0 Å². The number of aryl methyl sites for hydroxylation is 2. The van der Waals surface area contributed by atoms with Crippen LogP contribution in [0.2, 0.25) is 0 Å². The number of benzene rings is 7. The van der Waals surface area contributed by atoms with Crippen LogP contribution in [0, 0.1) is 43.4 Å². The zero-order valence-electron chi connectivity index (χ0n) is 39.1. The monoisotopic (exact) mass is 1060 g/mol. The number of aromatic nitrogens is 3. The van der Waals surface area contributed by atoms with Crippen molar-refractivity contribution in [1.29, 1.82) is 5.26 Å². The Morgan fingerprint density at radius 1 is 0.406 bits per heavy atom. The van der Waals surface area contributed by atoms with Crippen molar-refractivity contribution in [2.75, 3.05) is 0 Å². The number of nitriles is 1. The zero-order valence-corrected chi connectivity index (χ0v) is 41.5. The number of nitrogens with zero attached hydrogens (tertiary/aromatic N) is 4. The van der Waals surface area contributed by atoms with E-state index in [2.05, 4.69) is 190 Å². The summed E-state index contributed by atoms with van der Waals surface area (Å²) >= 11 is 0. The summed E-state index contributed by atoms with van der Waals surface area (Å²) in [7, 11) is 0. The Bertz CT molecular complexity index is 3380. The van der Waals surface area contributed by atoms with E-state index in [0.717, 1.165) is 112 Å². The summed E-state index contributed by atoms with van der Waals surface area (Å²) in [6.45, 7) is 10.9. The van der Waals surface area contributed by atoms with Crippen LogP contribution in [0.15, 0.2) is 195 Å². The maximum atomic E-state index is 10.8. The van der Waals surface area contributed by atoms with E-state index in [0.29, 0.717) is 5.56 Å². The fraction of sp³-hybridized carbons (Fsp3) is 0.0938. The van der Waals surface area contributed by atoms with E-state index >= 15 is 0 Å². The van der Waals surface area contributed by atoms with Gasteiger partial charge in [0.2, 0.25) is 0 Å². The SMILES string of the molecule is Cc1cc(-c2ccccn2)[c-]cc1-c1ccccc1-c1cc(-c2ccccc2-c2c[c-]c(-c3ccccn3)cc2C)cc(-c2ccccc2-c2c[c-]c(-c3cc(C(C)(C)C)ccn3)cc2C#N)c1.[Ir+3]. The summed E-state index contributed by atoms with van der Waals surface area (Å²) in [5.74, 6) is 0. The quantitative estimate of drug-likeness (QED) is 0.135. The van der Waals surface area contributed by atoms with Gasteiger partial charge >= 0.3 is 20.1 Å².